The first-order chi connectivity index (χ1) is 18.5. The lowest BCUT2D eigenvalue weighted by Gasteiger charge is -2.38. The maximum absolute atomic E-state index is 13.4. The molecule has 1 amide bonds. The Morgan fingerprint density at radius 2 is 1.32 bits per heavy atom. The molecule has 5 nitrogen and oxygen atoms in total. The number of aromatic nitrogens is 1. The van der Waals surface area contributed by atoms with E-state index in [1.807, 2.05) is 0 Å². The molecule has 214 valence electrons. The average Bonchev–Trinajstić information content (AvgIpc) is 2.87. The van der Waals surface area contributed by atoms with Crippen molar-refractivity contribution in [3.63, 3.8) is 0 Å². The number of nitrogens with one attached hydrogen (secondary N) is 1. The second kappa shape index (κ2) is 10.7. The van der Waals surface area contributed by atoms with Crippen LogP contribution in [0.4, 0.5) is 56.7 Å². The Bertz CT molecular complexity index is 1400. The molecule has 1 aromatic heterocycles. The molecule has 0 bridgehead atoms. The molecule has 15 heteroatoms. The minimum absolute atomic E-state index is 0.0970. The molecule has 2 aromatic carbocycles. The maximum Gasteiger partial charge on any atom is 0.417 e. The van der Waals surface area contributed by atoms with Crippen LogP contribution in [0.25, 0.3) is 0 Å². The Labute approximate surface area is 226 Å². The molecule has 1 aliphatic rings. The summed E-state index contributed by atoms with van der Waals surface area (Å²) < 4.78 is 118. The van der Waals surface area contributed by atoms with Gasteiger partial charge in [-0.15, -0.1) is 0 Å². The van der Waals surface area contributed by atoms with E-state index < -0.39 is 46.7 Å². The summed E-state index contributed by atoms with van der Waals surface area (Å²) in [5, 5.41) is 2.06. The zero-order valence-electron chi connectivity index (χ0n) is 20.1. The quantitative estimate of drug-likeness (QED) is 0.320. The number of hydrogen-bond acceptors (Lipinski definition) is 4. The smallest absolute Gasteiger partial charge is 0.366 e. The van der Waals surface area contributed by atoms with Gasteiger partial charge in [0.05, 0.1) is 33.1 Å². The predicted molar refractivity (Wildman–Crippen MR) is 130 cm³/mol. The van der Waals surface area contributed by atoms with E-state index in [0.717, 1.165) is 36.4 Å². The molecule has 0 atom stereocenters. The molecule has 1 N–H and O–H groups in total. The van der Waals surface area contributed by atoms with E-state index in [9.17, 15) is 44.3 Å². The van der Waals surface area contributed by atoms with Gasteiger partial charge in [-0.3, -0.25) is 4.79 Å². The van der Waals surface area contributed by atoms with Gasteiger partial charge in [0.25, 0.3) is 5.91 Å². The van der Waals surface area contributed by atoms with E-state index in [-0.39, 0.29) is 48.4 Å². The Balaban J connectivity index is 1.57. The number of hydrogen-bond donors (Lipinski definition) is 1. The average molecular weight is 597 g/mol. The second-order valence-corrected chi connectivity index (χ2v) is 9.17. The summed E-state index contributed by atoms with van der Waals surface area (Å²) in [5.41, 5.74) is -3.74. The first-order valence-corrected chi connectivity index (χ1v) is 11.8. The molecular formula is C25H18ClF9N4O. The van der Waals surface area contributed by atoms with Crippen molar-refractivity contribution in [2.45, 2.75) is 18.5 Å². The van der Waals surface area contributed by atoms with E-state index in [1.165, 1.54) is 0 Å². The van der Waals surface area contributed by atoms with Crippen LogP contribution in [0.1, 0.15) is 27.0 Å². The number of anilines is 3. The highest BCUT2D eigenvalue weighted by atomic mass is 35.5. The third-order valence-corrected chi connectivity index (χ3v) is 6.37. The highest BCUT2D eigenvalue weighted by Crippen LogP contribution is 2.38. The molecule has 0 unspecified atom stereocenters. The van der Waals surface area contributed by atoms with Crippen LogP contribution in [0.5, 0.6) is 0 Å². The number of halogens is 10. The monoisotopic (exact) mass is 596 g/mol. The molecule has 0 radical (unpaired) electrons. The number of amides is 1. The zero-order valence-corrected chi connectivity index (χ0v) is 20.8. The fraction of sp³-hybridized carbons (Fsp3) is 0.280. The highest BCUT2D eigenvalue weighted by Gasteiger charge is 2.34. The van der Waals surface area contributed by atoms with Gasteiger partial charge in [0.15, 0.2) is 0 Å². The first-order valence-electron chi connectivity index (χ1n) is 11.5. The largest absolute Gasteiger partial charge is 0.417 e. The number of carbonyl (C=O) groups excluding carboxylic acids is 1. The molecule has 3 aromatic rings. The Kier molecular flexibility index (Phi) is 7.85. The molecule has 0 spiro atoms. The topological polar surface area (TPSA) is 48.5 Å². The van der Waals surface area contributed by atoms with Crippen LogP contribution in [-0.2, 0) is 18.5 Å². The van der Waals surface area contributed by atoms with Gasteiger partial charge in [0.2, 0.25) is 0 Å². The maximum atomic E-state index is 13.4. The number of benzene rings is 2. The van der Waals surface area contributed by atoms with Crippen molar-refractivity contribution >= 4 is 34.7 Å². The van der Waals surface area contributed by atoms with E-state index >= 15 is 0 Å². The number of piperazine rings is 1. The molecule has 2 heterocycles. The van der Waals surface area contributed by atoms with Crippen LogP contribution in [-0.4, -0.2) is 37.1 Å². The summed E-state index contributed by atoms with van der Waals surface area (Å²) in [6.07, 6.45) is -13.5. The van der Waals surface area contributed by atoms with Crippen LogP contribution in [0.15, 0.2) is 54.7 Å². The van der Waals surface area contributed by atoms with E-state index in [1.54, 1.807) is 9.80 Å². The fourth-order valence-corrected chi connectivity index (χ4v) is 4.38. The Morgan fingerprint density at radius 1 is 0.750 bits per heavy atom. The number of alkyl halides is 9. The number of pyridine rings is 1. The number of carbonyl (C=O) groups is 1. The van der Waals surface area contributed by atoms with Crippen LogP contribution in [0.3, 0.4) is 0 Å². The van der Waals surface area contributed by atoms with Gasteiger partial charge in [-0.05, 0) is 42.5 Å². The third-order valence-electron chi connectivity index (χ3n) is 6.09. The van der Waals surface area contributed by atoms with Gasteiger partial charge in [0.1, 0.15) is 5.82 Å². The summed E-state index contributed by atoms with van der Waals surface area (Å²) in [4.78, 5) is 19.8. The van der Waals surface area contributed by atoms with Crippen molar-refractivity contribution in [2.24, 2.45) is 0 Å². The van der Waals surface area contributed by atoms with Crippen LogP contribution in [0, 0.1) is 0 Å². The minimum Gasteiger partial charge on any atom is -0.366 e. The molecule has 1 aliphatic heterocycles. The first kappa shape index (κ1) is 29.3. The lowest BCUT2D eigenvalue weighted by atomic mass is 10.1. The zero-order chi connectivity index (χ0) is 29.5. The molecule has 40 heavy (non-hydrogen) atoms. The summed E-state index contributed by atoms with van der Waals surface area (Å²) >= 11 is 6.02. The number of rotatable bonds is 4. The molecule has 4 rings (SSSR count). The van der Waals surface area contributed by atoms with Crippen molar-refractivity contribution in [1.82, 2.24) is 4.98 Å². The second-order valence-electron chi connectivity index (χ2n) is 8.76. The minimum atomic E-state index is -4.77. The highest BCUT2D eigenvalue weighted by molar-refractivity contribution is 6.33. The standard InChI is InChI=1S/C25H18ClF9N4O/c26-18-11-17(25(33,34)35)13-36-21(18)39-8-6-38(7-9-39)20-5-4-16(24(30,31)32)12-19(20)37-22(40)14-2-1-3-15(10-14)23(27,28)29/h1-5,10-13H,6-9H2,(H,37,40). The van der Waals surface area contributed by atoms with E-state index in [2.05, 4.69) is 10.3 Å². The lowest BCUT2D eigenvalue weighted by molar-refractivity contribution is -0.138. The van der Waals surface area contributed by atoms with Crippen LogP contribution in [0.2, 0.25) is 5.02 Å². The third kappa shape index (κ3) is 6.54. The summed E-state index contributed by atoms with van der Waals surface area (Å²) in [6.45, 7) is 0.633. The van der Waals surface area contributed by atoms with Crippen LogP contribution < -0.4 is 15.1 Å². The van der Waals surface area contributed by atoms with Crippen molar-refractivity contribution < 1.29 is 44.3 Å². The lowest BCUT2D eigenvalue weighted by Crippen LogP contribution is -2.47. The summed E-state index contributed by atoms with van der Waals surface area (Å²) in [5.74, 6) is -0.953. The van der Waals surface area contributed by atoms with Crippen LogP contribution >= 0.6 is 11.6 Å². The van der Waals surface area contributed by atoms with Gasteiger partial charge in [-0.25, -0.2) is 4.98 Å². The molecule has 1 fully saturated rings. The van der Waals surface area contributed by atoms with Gasteiger partial charge in [-0.2, -0.15) is 39.5 Å². The van der Waals surface area contributed by atoms with E-state index in [4.69, 9.17) is 11.6 Å². The van der Waals surface area contributed by atoms with Gasteiger partial charge in [-0.1, -0.05) is 17.7 Å². The molecule has 0 saturated carbocycles. The predicted octanol–water partition coefficient (Wildman–Crippen LogP) is 7.37. The Morgan fingerprint density at radius 3 is 1.90 bits per heavy atom. The SMILES string of the molecule is O=C(Nc1cc(C(F)(F)F)ccc1N1CCN(c2ncc(C(F)(F)F)cc2Cl)CC1)c1cccc(C(F)(F)F)c1. The van der Waals surface area contributed by atoms with Gasteiger partial charge >= 0.3 is 18.5 Å². The Hall–Kier alpha value is -3.68. The van der Waals surface area contributed by atoms with Gasteiger partial charge in [0, 0.05) is 37.9 Å². The van der Waals surface area contributed by atoms with Gasteiger partial charge < -0.3 is 15.1 Å². The molecule has 1 saturated heterocycles. The van der Waals surface area contributed by atoms with Crippen molar-refractivity contribution in [3.05, 3.63) is 82.0 Å². The fourth-order valence-electron chi connectivity index (χ4n) is 4.10. The molecule has 0 aliphatic carbocycles. The van der Waals surface area contributed by atoms with E-state index in [0.29, 0.717) is 18.3 Å². The number of nitrogens with zero attached hydrogens (tertiary/aromatic N) is 3. The normalized spacial score (nSPS) is 14.8. The molecular weight excluding hydrogens is 579 g/mol. The summed E-state index contributed by atoms with van der Waals surface area (Å²) in [7, 11) is 0. The van der Waals surface area contributed by atoms with Crippen molar-refractivity contribution in [1.29, 1.82) is 0 Å². The summed E-state index contributed by atoms with van der Waals surface area (Å²) in [6, 6.07) is 6.79. The van der Waals surface area contributed by atoms with Crippen molar-refractivity contribution in [3.8, 4) is 0 Å². The van der Waals surface area contributed by atoms with Crippen molar-refractivity contribution in [2.75, 3.05) is 41.3 Å².